The minimum Gasteiger partial charge on any atom is -0.342 e. The molecule has 1 heterocycles. The molecular weight excluding hydrogens is 144 g/mol. The lowest BCUT2D eigenvalue weighted by Crippen LogP contribution is -2.30. The third-order valence-electron chi connectivity index (χ3n) is 1.30. The molecule has 1 rings (SSSR count). The zero-order valence-electron chi connectivity index (χ0n) is 5.38. The molecule has 0 aliphatic carbocycles. The molecule has 5 heteroatoms. The van der Waals surface area contributed by atoms with E-state index in [0.717, 1.165) is 4.90 Å². The fourth-order valence-electron chi connectivity index (χ4n) is 0.725. The highest BCUT2D eigenvalue weighted by Gasteiger charge is 2.37. The monoisotopic (exact) mass is 151 g/mol. The molecular formula is C5H7F2NO2. The lowest BCUT2D eigenvalue weighted by molar-refractivity contribution is -0.134. The number of hydrogen-bond acceptors (Lipinski definition) is 2. The van der Waals surface area contributed by atoms with Crippen molar-refractivity contribution in [1.82, 2.24) is 4.90 Å². The first kappa shape index (κ1) is 7.40. The second kappa shape index (κ2) is 2.49. The van der Waals surface area contributed by atoms with Crippen LogP contribution < -0.4 is 0 Å². The predicted molar refractivity (Wildman–Crippen MR) is 28.5 cm³/mol. The van der Waals surface area contributed by atoms with Gasteiger partial charge < -0.3 is 9.64 Å². The summed E-state index contributed by atoms with van der Waals surface area (Å²) in [5, 5.41) is 0. The van der Waals surface area contributed by atoms with Crippen LogP contribution in [0.3, 0.4) is 0 Å². The van der Waals surface area contributed by atoms with Crippen molar-refractivity contribution in [3.8, 4) is 0 Å². The number of amides is 1. The number of rotatable bonds is 1. The molecule has 3 nitrogen and oxygen atoms in total. The SMILES string of the molecule is CN1COC(C(F)F)C1=O. The minimum atomic E-state index is -2.71. The van der Waals surface area contributed by atoms with Gasteiger partial charge in [-0.05, 0) is 0 Å². The fraction of sp³-hybridized carbons (Fsp3) is 0.800. The van der Waals surface area contributed by atoms with Crippen molar-refractivity contribution in [2.45, 2.75) is 12.5 Å². The molecule has 58 valence electrons. The fourth-order valence-corrected chi connectivity index (χ4v) is 0.725. The van der Waals surface area contributed by atoms with Crippen molar-refractivity contribution >= 4 is 5.91 Å². The van der Waals surface area contributed by atoms with E-state index in [1.165, 1.54) is 7.05 Å². The molecule has 1 unspecified atom stereocenters. The van der Waals surface area contributed by atoms with Crippen LogP contribution in [0.4, 0.5) is 8.78 Å². The van der Waals surface area contributed by atoms with Crippen LogP contribution in [0.2, 0.25) is 0 Å². The molecule has 1 aliphatic heterocycles. The molecule has 10 heavy (non-hydrogen) atoms. The van der Waals surface area contributed by atoms with Gasteiger partial charge in [0, 0.05) is 7.05 Å². The van der Waals surface area contributed by atoms with Crippen molar-refractivity contribution in [2.24, 2.45) is 0 Å². The summed E-state index contributed by atoms with van der Waals surface area (Å²) >= 11 is 0. The molecule has 0 aromatic rings. The number of carbonyl (C=O) groups excluding carboxylic acids is 1. The molecule has 0 aromatic heterocycles. The highest BCUT2D eigenvalue weighted by Crippen LogP contribution is 2.14. The molecule has 1 fully saturated rings. The lowest BCUT2D eigenvalue weighted by Gasteiger charge is -2.04. The number of likely N-dealkylation sites (N-methyl/N-ethyl adjacent to an activating group) is 1. The van der Waals surface area contributed by atoms with Gasteiger partial charge in [0.1, 0.15) is 6.73 Å². The van der Waals surface area contributed by atoms with Crippen LogP contribution in [0.1, 0.15) is 0 Å². The van der Waals surface area contributed by atoms with Crippen molar-refractivity contribution in [2.75, 3.05) is 13.8 Å². The van der Waals surface area contributed by atoms with Gasteiger partial charge in [0.25, 0.3) is 12.3 Å². The second-order valence-electron chi connectivity index (χ2n) is 2.09. The van der Waals surface area contributed by atoms with E-state index in [2.05, 4.69) is 4.74 Å². The van der Waals surface area contributed by atoms with Gasteiger partial charge in [-0.2, -0.15) is 0 Å². The van der Waals surface area contributed by atoms with E-state index in [4.69, 9.17) is 0 Å². The number of ether oxygens (including phenoxy) is 1. The molecule has 0 bridgehead atoms. The summed E-state index contributed by atoms with van der Waals surface area (Å²) in [7, 11) is 1.42. The minimum absolute atomic E-state index is 0.0339. The number of halogens is 2. The van der Waals surface area contributed by atoms with E-state index in [-0.39, 0.29) is 6.73 Å². The molecule has 0 radical (unpaired) electrons. The summed E-state index contributed by atoms with van der Waals surface area (Å²) in [6.45, 7) is -0.0339. The van der Waals surface area contributed by atoms with Gasteiger partial charge in [0.2, 0.25) is 0 Å². The maximum Gasteiger partial charge on any atom is 0.273 e. The quantitative estimate of drug-likeness (QED) is 0.530. The first-order chi connectivity index (χ1) is 4.63. The lowest BCUT2D eigenvalue weighted by atomic mass is 10.3. The topological polar surface area (TPSA) is 29.5 Å². The largest absolute Gasteiger partial charge is 0.342 e. The van der Waals surface area contributed by atoms with E-state index in [9.17, 15) is 13.6 Å². The summed E-state index contributed by atoms with van der Waals surface area (Å²) in [6, 6.07) is 0. The van der Waals surface area contributed by atoms with E-state index in [1.807, 2.05) is 0 Å². The van der Waals surface area contributed by atoms with E-state index in [0.29, 0.717) is 0 Å². The Morgan fingerprint density at radius 3 is 2.60 bits per heavy atom. The number of carbonyl (C=O) groups is 1. The average molecular weight is 151 g/mol. The molecule has 1 atom stereocenters. The average Bonchev–Trinajstić information content (AvgIpc) is 2.14. The molecule has 0 N–H and O–H groups in total. The van der Waals surface area contributed by atoms with Gasteiger partial charge in [0.05, 0.1) is 0 Å². The Labute approximate surface area is 56.6 Å². The smallest absolute Gasteiger partial charge is 0.273 e. The van der Waals surface area contributed by atoms with Crippen LogP contribution in [0.5, 0.6) is 0 Å². The first-order valence-corrected chi connectivity index (χ1v) is 2.77. The Morgan fingerprint density at radius 1 is 1.80 bits per heavy atom. The van der Waals surface area contributed by atoms with Crippen LogP contribution in [-0.2, 0) is 9.53 Å². The normalized spacial score (nSPS) is 26.6. The van der Waals surface area contributed by atoms with Gasteiger partial charge in [-0.25, -0.2) is 8.78 Å². The summed E-state index contributed by atoms with van der Waals surface area (Å²) in [4.78, 5) is 11.8. The zero-order chi connectivity index (χ0) is 7.72. The maximum atomic E-state index is 11.8. The van der Waals surface area contributed by atoms with Crippen LogP contribution in [0.25, 0.3) is 0 Å². The number of alkyl halides is 2. The molecule has 0 spiro atoms. The van der Waals surface area contributed by atoms with Gasteiger partial charge in [-0.3, -0.25) is 4.79 Å². The van der Waals surface area contributed by atoms with Gasteiger partial charge in [-0.1, -0.05) is 0 Å². The van der Waals surface area contributed by atoms with Crippen molar-refractivity contribution < 1.29 is 18.3 Å². The maximum absolute atomic E-state index is 11.8. The summed E-state index contributed by atoms with van der Waals surface area (Å²) in [5.41, 5.74) is 0. The molecule has 0 saturated carbocycles. The van der Waals surface area contributed by atoms with E-state index >= 15 is 0 Å². The second-order valence-corrected chi connectivity index (χ2v) is 2.09. The Kier molecular flexibility index (Phi) is 1.85. The van der Waals surface area contributed by atoms with Crippen molar-refractivity contribution in [1.29, 1.82) is 0 Å². The molecule has 1 aliphatic rings. The van der Waals surface area contributed by atoms with Crippen LogP contribution in [0, 0.1) is 0 Å². The van der Waals surface area contributed by atoms with Crippen LogP contribution >= 0.6 is 0 Å². The Balaban J connectivity index is 2.57. The Hall–Kier alpha value is -0.710. The highest BCUT2D eigenvalue weighted by atomic mass is 19.3. The summed E-state index contributed by atoms with van der Waals surface area (Å²) in [5.74, 6) is -0.644. The van der Waals surface area contributed by atoms with E-state index in [1.54, 1.807) is 0 Å². The molecule has 1 amide bonds. The number of hydrogen-bond donors (Lipinski definition) is 0. The third kappa shape index (κ3) is 1.09. The predicted octanol–water partition coefficient (Wildman–Crippen LogP) is 0.0662. The third-order valence-corrected chi connectivity index (χ3v) is 1.30. The number of nitrogens with zero attached hydrogens (tertiary/aromatic N) is 1. The molecule has 1 saturated heterocycles. The zero-order valence-corrected chi connectivity index (χ0v) is 5.38. The molecule has 0 aromatic carbocycles. The van der Waals surface area contributed by atoms with E-state index < -0.39 is 18.4 Å². The van der Waals surface area contributed by atoms with Crippen molar-refractivity contribution in [3.05, 3.63) is 0 Å². The first-order valence-electron chi connectivity index (χ1n) is 2.77. The van der Waals surface area contributed by atoms with Crippen LogP contribution in [0.15, 0.2) is 0 Å². The Bertz CT molecular complexity index is 151. The summed E-state index contributed by atoms with van der Waals surface area (Å²) < 4.78 is 28.0. The summed E-state index contributed by atoms with van der Waals surface area (Å²) in [6.07, 6.45) is -4.25. The standard InChI is InChI=1S/C5H7F2NO2/c1-8-2-10-3(4(6)7)5(8)9/h3-4H,2H2,1H3. The Morgan fingerprint density at radius 2 is 2.40 bits per heavy atom. The highest BCUT2D eigenvalue weighted by molar-refractivity contribution is 5.82. The van der Waals surface area contributed by atoms with Crippen LogP contribution in [-0.4, -0.2) is 37.1 Å². The van der Waals surface area contributed by atoms with Gasteiger partial charge >= 0.3 is 0 Å². The van der Waals surface area contributed by atoms with Crippen molar-refractivity contribution in [3.63, 3.8) is 0 Å². The van der Waals surface area contributed by atoms with Gasteiger partial charge in [-0.15, -0.1) is 0 Å². The van der Waals surface area contributed by atoms with Gasteiger partial charge in [0.15, 0.2) is 6.10 Å².